The minimum absolute atomic E-state index is 0.0301. The van der Waals surface area contributed by atoms with Crippen molar-refractivity contribution in [2.75, 3.05) is 23.8 Å². The van der Waals surface area contributed by atoms with E-state index in [1.54, 1.807) is 24.1 Å². The maximum absolute atomic E-state index is 12.3. The fraction of sp³-hybridized carbons (Fsp3) is 0.278. The summed E-state index contributed by atoms with van der Waals surface area (Å²) in [6, 6.07) is 10.2. The van der Waals surface area contributed by atoms with Crippen LogP contribution in [0.15, 0.2) is 36.4 Å². The first kappa shape index (κ1) is 17.5. The first-order valence-electron chi connectivity index (χ1n) is 7.61. The first-order valence-corrected chi connectivity index (χ1v) is 7.61. The average molecular weight is 327 g/mol. The van der Waals surface area contributed by atoms with Crippen molar-refractivity contribution >= 4 is 23.0 Å². The maximum Gasteiger partial charge on any atom is 0.269 e. The molecule has 1 amide bonds. The normalized spacial score (nSPS) is 10.3. The van der Waals surface area contributed by atoms with E-state index in [1.165, 1.54) is 12.1 Å². The number of nitrogens with one attached hydrogen (secondary N) is 1. The van der Waals surface area contributed by atoms with Crippen LogP contribution < -0.4 is 10.2 Å². The van der Waals surface area contributed by atoms with Crippen LogP contribution in [0.4, 0.5) is 17.1 Å². The SMILES string of the molecule is Cc1cc(C)c(NC(=O)CN(C)c2ccc([N+](=O)[O-])cc2)c(C)c1. The number of amides is 1. The molecular weight excluding hydrogens is 306 g/mol. The predicted molar refractivity (Wildman–Crippen MR) is 95.6 cm³/mol. The summed E-state index contributed by atoms with van der Waals surface area (Å²) in [5.41, 5.74) is 4.82. The highest BCUT2D eigenvalue weighted by molar-refractivity contribution is 5.95. The molecule has 0 unspecified atom stereocenters. The number of hydrogen-bond donors (Lipinski definition) is 1. The van der Waals surface area contributed by atoms with Crippen molar-refractivity contribution in [1.29, 1.82) is 0 Å². The number of rotatable bonds is 5. The number of nitro groups is 1. The number of carbonyl (C=O) groups excluding carboxylic acids is 1. The van der Waals surface area contributed by atoms with Gasteiger partial charge in [0.1, 0.15) is 0 Å². The summed E-state index contributed by atoms with van der Waals surface area (Å²) in [5.74, 6) is -0.133. The van der Waals surface area contributed by atoms with Crippen LogP contribution in [-0.4, -0.2) is 24.4 Å². The van der Waals surface area contributed by atoms with Crippen LogP contribution in [0, 0.1) is 30.9 Å². The van der Waals surface area contributed by atoms with Gasteiger partial charge in [-0.15, -0.1) is 0 Å². The third-order valence-electron chi connectivity index (χ3n) is 3.82. The number of carbonyl (C=O) groups is 1. The van der Waals surface area contributed by atoms with E-state index >= 15 is 0 Å². The van der Waals surface area contributed by atoms with Gasteiger partial charge in [-0.25, -0.2) is 0 Å². The highest BCUT2D eigenvalue weighted by Crippen LogP contribution is 2.22. The summed E-state index contributed by atoms with van der Waals surface area (Å²) < 4.78 is 0. The van der Waals surface area contributed by atoms with Gasteiger partial charge < -0.3 is 10.2 Å². The maximum atomic E-state index is 12.3. The van der Waals surface area contributed by atoms with Gasteiger partial charge in [0.15, 0.2) is 0 Å². The molecule has 0 aliphatic rings. The molecule has 6 nitrogen and oxygen atoms in total. The second-order valence-electron chi connectivity index (χ2n) is 5.95. The smallest absolute Gasteiger partial charge is 0.269 e. The Kier molecular flexibility index (Phi) is 5.18. The zero-order chi connectivity index (χ0) is 17.9. The number of hydrogen-bond acceptors (Lipinski definition) is 4. The van der Waals surface area contributed by atoms with E-state index < -0.39 is 4.92 Å². The number of benzene rings is 2. The largest absolute Gasteiger partial charge is 0.365 e. The fourth-order valence-corrected chi connectivity index (χ4v) is 2.69. The highest BCUT2D eigenvalue weighted by Gasteiger charge is 2.12. The van der Waals surface area contributed by atoms with E-state index in [-0.39, 0.29) is 18.1 Å². The van der Waals surface area contributed by atoms with Gasteiger partial charge in [-0.3, -0.25) is 14.9 Å². The quantitative estimate of drug-likeness (QED) is 0.672. The van der Waals surface area contributed by atoms with Crippen LogP contribution in [0.1, 0.15) is 16.7 Å². The van der Waals surface area contributed by atoms with Crippen LogP contribution >= 0.6 is 0 Å². The lowest BCUT2D eigenvalue weighted by Gasteiger charge is -2.20. The molecule has 126 valence electrons. The van der Waals surface area contributed by atoms with E-state index in [0.29, 0.717) is 0 Å². The van der Waals surface area contributed by atoms with Gasteiger partial charge in [0.05, 0.1) is 11.5 Å². The minimum Gasteiger partial charge on any atom is -0.365 e. The van der Waals surface area contributed by atoms with Gasteiger partial charge in [-0.2, -0.15) is 0 Å². The summed E-state index contributed by atoms with van der Waals surface area (Å²) in [4.78, 5) is 24.3. The van der Waals surface area contributed by atoms with Crippen molar-refractivity contribution in [2.24, 2.45) is 0 Å². The number of aryl methyl sites for hydroxylation is 3. The standard InChI is InChI=1S/C18H21N3O3/c1-12-9-13(2)18(14(3)10-12)19-17(22)11-20(4)15-5-7-16(8-6-15)21(23)24/h5-10H,11H2,1-4H3,(H,19,22). The van der Waals surface area contributed by atoms with Gasteiger partial charge in [0, 0.05) is 30.6 Å². The Morgan fingerprint density at radius 2 is 1.67 bits per heavy atom. The lowest BCUT2D eigenvalue weighted by molar-refractivity contribution is -0.384. The van der Waals surface area contributed by atoms with Gasteiger partial charge >= 0.3 is 0 Å². The van der Waals surface area contributed by atoms with Crippen molar-refractivity contribution in [1.82, 2.24) is 0 Å². The summed E-state index contributed by atoms with van der Waals surface area (Å²) in [5, 5.41) is 13.6. The van der Waals surface area contributed by atoms with Crippen LogP contribution in [0.3, 0.4) is 0 Å². The van der Waals surface area contributed by atoms with Crippen molar-refractivity contribution in [3.63, 3.8) is 0 Å². The first-order chi connectivity index (χ1) is 11.3. The number of nitrogens with zero attached hydrogens (tertiary/aromatic N) is 2. The molecule has 0 aliphatic heterocycles. The number of nitro benzene ring substituents is 1. The molecule has 2 aromatic carbocycles. The molecule has 0 heterocycles. The lowest BCUT2D eigenvalue weighted by atomic mass is 10.1. The van der Waals surface area contributed by atoms with Gasteiger partial charge in [0.2, 0.25) is 5.91 Å². The third-order valence-corrected chi connectivity index (χ3v) is 3.82. The highest BCUT2D eigenvalue weighted by atomic mass is 16.6. The number of anilines is 2. The molecule has 0 fully saturated rings. The Morgan fingerprint density at radius 3 is 2.17 bits per heavy atom. The second-order valence-corrected chi connectivity index (χ2v) is 5.95. The lowest BCUT2D eigenvalue weighted by Crippen LogP contribution is -2.30. The Bertz CT molecular complexity index is 747. The zero-order valence-electron chi connectivity index (χ0n) is 14.3. The summed E-state index contributed by atoms with van der Waals surface area (Å²) in [6.45, 7) is 6.11. The second kappa shape index (κ2) is 7.12. The Balaban J connectivity index is 2.05. The van der Waals surface area contributed by atoms with Crippen molar-refractivity contribution in [3.05, 3.63) is 63.2 Å². The van der Waals surface area contributed by atoms with E-state index in [4.69, 9.17) is 0 Å². The third kappa shape index (κ3) is 4.10. The molecule has 24 heavy (non-hydrogen) atoms. The van der Waals surface area contributed by atoms with Gasteiger partial charge in [-0.1, -0.05) is 17.7 Å². The summed E-state index contributed by atoms with van der Waals surface area (Å²) >= 11 is 0. The number of non-ortho nitro benzene ring substituents is 1. The Morgan fingerprint density at radius 1 is 1.12 bits per heavy atom. The van der Waals surface area contributed by atoms with Crippen LogP contribution in [0.2, 0.25) is 0 Å². The average Bonchev–Trinajstić information content (AvgIpc) is 2.50. The van der Waals surface area contributed by atoms with Crippen molar-refractivity contribution in [3.8, 4) is 0 Å². The minimum atomic E-state index is -0.445. The van der Waals surface area contributed by atoms with E-state index in [1.807, 2.05) is 32.9 Å². The van der Waals surface area contributed by atoms with Crippen LogP contribution in [0.25, 0.3) is 0 Å². The predicted octanol–water partition coefficient (Wildman–Crippen LogP) is 3.59. The van der Waals surface area contributed by atoms with E-state index in [2.05, 4.69) is 5.32 Å². The molecule has 0 radical (unpaired) electrons. The molecular formula is C18H21N3O3. The van der Waals surface area contributed by atoms with Crippen molar-refractivity contribution in [2.45, 2.75) is 20.8 Å². The molecule has 0 atom stereocenters. The molecule has 6 heteroatoms. The fourth-order valence-electron chi connectivity index (χ4n) is 2.69. The summed E-state index contributed by atoms with van der Waals surface area (Å²) in [7, 11) is 1.77. The molecule has 2 rings (SSSR count). The Hall–Kier alpha value is -2.89. The van der Waals surface area contributed by atoms with Gasteiger partial charge in [0.25, 0.3) is 5.69 Å². The molecule has 1 N–H and O–H groups in total. The number of likely N-dealkylation sites (N-methyl/N-ethyl adjacent to an activating group) is 1. The van der Waals surface area contributed by atoms with Crippen LogP contribution in [-0.2, 0) is 4.79 Å². The zero-order valence-corrected chi connectivity index (χ0v) is 14.3. The Labute approximate surface area is 141 Å². The molecule has 0 spiro atoms. The van der Waals surface area contributed by atoms with Crippen molar-refractivity contribution < 1.29 is 9.72 Å². The molecule has 0 saturated carbocycles. The monoisotopic (exact) mass is 327 g/mol. The van der Waals surface area contributed by atoms with E-state index in [0.717, 1.165) is 28.1 Å². The molecule has 0 bridgehead atoms. The molecule has 0 aliphatic carbocycles. The van der Waals surface area contributed by atoms with Crippen LogP contribution in [0.5, 0.6) is 0 Å². The summed E-state index contributed by atoms with van der Waals surface area (Å²) in [6.07, 6.45) is 0. The molecule has 0 saturated heterocycles. The van der Waals surface area contributed by atoms with E-state index in [9.17, 15) is 14.9 Å². The van der Waals surface area contributed by atoms with Gasteiger partial charge in [-0.05, 0) is 44.0 Å². The molecule has 2 aromatic rings. The topological polar surface area (TPSA) is 75.5 Å². The molecule has 0 aromatic heterocycles.